The summed E-state index contributed by atoms with van der Waals surface area (Å²) in [4.78, 5) is 0. The van der Waals surface area contributed by atoms with E-state index >= 15 is 0 Å². The maximum Gasteiger partial charge on any atom is 0.123 e. The summed E-state index contributed by atoms with van der Waals surface area (Å²) < 4.78 is 13.0. The van der Waals surface area contributed by atoms with Crippen molar-refractivity contribution in [2.75, 3.05) is 5.33 Å². The van der Waals surface area contributed by atoms with Gasteiger partial charge in [-0.15, -0.1) is 0 Å². The lowest BCUT2D eigenvalue weighted by Gasteiger charge is -2.32. The van der Waals surface area contributed by atoms with Gasteiger partial charge >= 0.3 is 0 Å². The van der Waals surface area contributed by atoms with Crippen LogP contribution in [0.3, 0.4) is 0 Å². The van der Waals surface area contributed by atoms with Gasteiger partial charge in [0.1, 0.15) is 5.82 Å². The van der Waals surface area contributed by atoms with E-state index in [4.69, 9.17) is 0 Å². The summed E-state index contributed by atoms with van der Waals surface area (Å²) in [6.45, 7) is 6.65. The van der Waals surface area contributed by atoms with E-state index < -0.39 is 0 Å². The summed E-state index contributed by atoms with van der Waals surface area (Å²) >= 11 is 3.55. The summed E-state index contributed by atoms with van der Waals surface area (Å²) in [5, 5.41) is 0.939. The van der Waals surface area contributed by atoms with Gasteiger partial charge in [-0.2, -0.15) is 0 Å². The molecular weight excluding hydrogens is 255 g/mol. The highest BCUT2D eigenvalue weighted by Gasteiger charge is 2.27. The Hall–Kier alpha value is -0.370. The van der Waals surface area contributed by atoms with Crippen LogP contribution in [0.1, 0.15) is 26.3 Å². The average Bonchev–Trinajstić information content (AvgIpc) is 2.17. The summed E-state index contributed by atoms with van der Waals surface area (Å²) in [6, 6.07) is 6.89. The van der Waals surface area contributed by atoms with Crippen LogP contribution in [0.5, 0.6) is 0 Å². The quantitative estimate of drug-likeness (QED) is 0.712. The highest BCUT2D eigenvalue weighted by molar-refractivity contribution is 9.09. The van der Waals surface area contributed by atoms with E-state index in [0.717, 1.165) is 17.3 Å². The molecular formula is C13H18BrF. The molecule has 0 saturated carbocycles. The third kappa shape index (κ3) is 3.30. The number of benzene rings is 1. The third-order valence-electron chi connectivity index (χ3n) is 3.20. The molecule has 1 aromatic carbocycles. The van der Waals surface area contributed by atoms with E-state index in [0.29, 0.717) is 5.92 Å². The molecule has 0 aliphatic carbocycles. The van der Waals surface area contributed by atoms with Crippen LogP contribution in [0, 0.1) is 17.2 Å². The first-order chi connectivity index (χ1) is 6.98. The molecule has 1 atom stereocenters. The Morgan fingerprint density at radius 2 is 2.07 bits per heavy atom. The van der Waals surface area contributed by atoms with Crippen molar-refractivity contribution in [3.63, 3.8) is 0 Å². The number of halogens is 2. The number of hydrogen-bond donors (Lipinski definition) is 0. The highest BCUT2D eigenvalue weighted by atomic mass is 79.9. The molecule has 0 N–H and O–H groups in total. The zero-order chi connectivity index (χ0) is 11.5. The summed E-state index contributed by atoms with van der Waals surface area (Å²) in [6.07, 6.45) is 0.910. The fourth-order valence-corrected chi connectivity index (χ4v) is 2.36. The van der Waals surface area contributed by atoms with Crippen LogP contribution in [-0.2, 0) is 6.42 Å². The largest absolute Gasteiger partial charge is 0.207 e. The van der Waals surface area contributed by atoms with Gasteiger partial charge < -0.3 is 0 Å². The van der Waals surface area contributed by atoms with E-state index in [2.05, 4.69) is 36.7 Å². The Balaban J connectivity index is 2.84. The van der Waals surface area contributed by atoms with Crippen LogP contribution in [-0.4, -0.2) is 5.33 Å². The molecule has 0 nitrogen and oxygen atoms in total. The first-order valence-corrected chi connectivity index (χ1v) is 6.40. The monoisotopic (exact) mass is 272 g/mol. The smallest absolute Gasteiger partial charge is 0.123 e. The molecule has 0 aromatic heterocycles. The van der Waals surface area contributed by atoms with E-state index in [1.54, 1.807) is 12.1 Å². The van der Waals surface area contributed by atoms with Gasteiger partial charge in [0.15, 0.2) is 0 Å². The van der Waals surface area contributed by atoms with Crippen molar-refractivity contribution >= 4 is 15.9 Å². The van der Waals surface area contributed by atoms with Gasteiger partial charge in [-0.1, -0.05) is 48.8 Å². The number of alkyl halides is 1. The number of rotatable bonds is 4. The predicted octanol–water partition coefficient (Wildman–Crippen LogP) is 4.43. The van der Waals surface area contributed by atoms with Crippen LogP contribution in [0.2, 0.25) is 0 Å². The first kappa shape index (κ1) is 12.7. The number of hydrogen-bond acceptors (Lipinski definition) is 0. The minimum Gasteiger partial charge on any atom is -0.207 e. The molecule has 84 valence electrons. The van der Waals surface area contributed by atoms with Crippen molar-refractivity contribution in [1.29, 1.82) is 0 Å². The van der Waals surface area contributed by atoms with Crippen molar-refractivity contribution in [2.45, 2.75) is 27.2 Å². The van der Waals surface area contributed by atoms with Gasteiger partial charge in [-0.3, -0.25) is 0 Å². The maximum absolute atomic E-state index is 13.0. The van der Waals surface area contributed by atoms with Crippen LogP contribution < -0.4 is 0 Å². The van der Waals surface area contributed by atoms with Crippen molar-refractivity contribution in [1.82, 2.24) is 0 Å². The van der Waals surface area contributed by atoms with Crippen LogP contribution in [0.15, 0.2) is 24.3 Å². The second kappa shape index (κ2) is 5.11. The second-order valence-corrected chi connectivity index (χ2v) is 5.31. The zero-order valence-electron chi connectivity index (χ0n) is 9.56. The maximum atomic E-state index is 13.0. The molecule has 1 aromatic rings. The second-order valence-electron chi connectivity index (χ2n) is 4.75. The van der Waals surface area contributed by atoms with E-state index in [9.17, 15) is 4.39 Å². The van der Waals surface area contributed by atoms with E-state index in [-0.39, 0.29) is 11.2 Å². The lowest BCUT2D eigenvalue weighted by atomic mass is 9.76. The SMILES string of the molecule is CC(C)C(C)(CBr)Cc1cccc(F)c1. The molecule has 0 aliphatic heterocycles. The molecule has 0 saturated heterocycles. The third-order valence-corrected chi connectivity index (χ3v) is 4.48. The first-order valence-electron chi connectivity index (χ1n) is 5.28. The molecule has 0 aliphatic rings. The Kier molecular flexibility index (Phi) is 4.32. The Morgan fingerprint density at radius 3 is 2.53 bits per heavy atom. The molecule has 0 heterocycles. The van der Waals surface area contributed by atoms with Gasteiger partial charge in [0, 0.05) is 5.33 Å². The summed E-state index contributed by atoms with van der Waals surface area (Å²) in [5.74, 6) is 0.424. The minimum atomic E-state index is -0.145. The zero-order valence-corrected chi connectivity index (χ0v) is 11.1. The standard InChI is InChI=1S/C13H18BrF/c1-10(2)13(3,9-14)8-11-5-4-6-12(15)7-11/h4-7,10H,8-9H2,1-3H3. The lowest BCUT2D eigenvalue weighted by Crippen LogP contribution is -2.28. The van der Waals surface area contributed by atoms with Crippen LogP contribution in [0.25, 0.3) is 0 Å². The van der Waals surface area contributed by atoms with Crippen molar-refractivity contribution in [2.24, 2.45) is 11.3 Å². The van der Waals surface area contributed by atoms with Crippen LogP contribution in [0.4, 0.5) is 4.39 Å². The average molecular weight is 273 g/mol. The van der Waals surface area contributed by atoms with Gasteiger partial charge in [0.2, 0.25) is 0 Å². The normalized spacial score (nSPS) is 15.3. The Labute approximate surface area is 100 Å². The van der Waals surface area contributed by atoms with E-state index in [1.165, 1.54) is 6.07 Å². The topological polar surface area (TPSA) is 0 Å². The fraction of sp³-hybridized carbons (Fsp3) is 0.538. The van der Waals surface area contributed by atoms with Gasteiger partial charge in [0.25, 0.3) is 0 Å². The van der Waals surface area contributed by atoms with Crippen molar-refractivity contribution in [3.8, 4) is 0 Å². The molecule has 0 bridgehead atoms. The van der Waals surface area contributed by atoms with Crippen molar-refractivity contribution < 1.29 is 4.39 Å². The Bertz CT molecular complexity index is 322. The van der Waals surface area contributed by atoms with E-state index in [1.807, 2.05) is 6.07 Å². The Morgan fingerprint density at radius 1 is 1.40 bits per heavy atom. The molecule has 0 radical (unpaired) electrons. The molecule has 1 rings (SSSR count). The van der Waals surface area contributed by atoms with Gasteiger partial charge in [-0.05, 0) is 35.4 Å². The van der Waals surface area contributed by atoms with Gasteiger partial charge in [-0.25, -0.2) is 4.39 Å². The van der Waals surface area contributed by atoms with Crippen molar-refractivity contribution in [3.05, 3.63) is 35.6 Å². The van der Waals surface area contributed by atoms with Crippen LogP contribution >= 0.6 is 15.9 Å². The molecule has 1 unspecified atom stereocenters. The predicted molar refractivity (Wildman–Crippen MR) is 66.8 cm³/mol. The highest BCUT2D eigenvalue weighted by Crippen LogP contribution is 2.33. The molecule has 0 amide bonds. The van der Waals surface area contributed by atoms with Gasteiger partial charge in [0.05, 0.1) is 0 Å². The summed E-state index contributed by atoms with van der Waals surface area (Å²) in [5.41, 5.74) is 1.26. The molecule has 0 spiro atoms. The molecule has 15 heavy (non-hydrogen) atoms. The summed E-state index contributed by atoms with van der Waals surface area (Å²) in [7, 11) is 0. The lowest BCUT2D eigenvalue weighted by molar-refractivity contribution is 0.257. The minimum absolute atomic E-state index is 0.145. The fourth-order valence-electron chi connectivity index (χ4n) is 1.52. The molecule has 0 fully saturated rings. The molecule has 2 heteroatoms.